The van der Waals surface area contributed by atoms with Crippen LogP contribution < -0.4 is 5.32 Å². The minimum absolute atomic E-state index is 0.0636. The molecule has 2 aromatic rings. The molecule has 0 spiro atoms. The zero-order valence-corrected chi connectivity index (χ0v) is 16.2. The Kier molecular flexibility index (Phi) is 5.58. The first-order valence-electron chi connectivity index (χ1n) is 8.90. The fourth-order valence-corrected chi connectivity index (χ4v) is 3.58. The van der Waals surface area contributed by atoms with Crippen molar-refractivity contribution in [2.45, 2.75) is 39.7 Å². The number of benzene rings is 1. The third-order valence-electron chi connectivity index (χ3n) is 4.66. The molecule has 1 aliphatic rings. The lowest BCUT2D eigenvalue weighted by Crippen LogP contribution is -2.45. The molecule has 0 radical (unpaired) electrons. The Morgan fingerprint density at radius 2 is 2.08 bits per heavy atom. The van der Waals surface area contributed by atoms with E-state index >= 15 is 0 Å². The number of hydrogen-bond acceptors (Lipinski definition) is 5. The number of amides is 1. The number of nitrogens with one attached hydrogen (secondary N) is 2. The van der Waals surface area contributed by atoms with Gasteiger partial charge < -0.3 is 14.5 Å². The van der Waals surface area contributed by atoms with Crippen LogP contribution in [0.2, 0.25) is 0 Å². The number of aromatic amines is 1. The lowest BCUT2D eigenvalue weighted by atomic mass is 9.78. The van der Waals surface area contributed by atoms with Crippen LogP contribution in [0.25, 0.3) is 11.5 Å². The summed E-state index contributed by atoms with van der Waals surface area (Å²) in [7, 11) is 0. The molecule has 1 aromatic carbocycles. The molecular formula is C19H25N3O3S. The molecule has 3 rings (SSSR count). The highest BCUT2D eigenvalue weighted by Crippen LogP contribution is 2.33. The van der Waals surface area contributed by atoms with Gasteiger partial charge in [-0.2, -0.15) is 0 Å². The maximum Gasteiger partial charge on any atom is 0.284 e. The van der Waals surface area contributed by atoms with Crippen molar-refractivity contribution >= 4 is 18.1 Å². The van der Waals surface area contributed by atoms with E-state index in [0.717, 1.165) is 25.0 Å². The van der Waals surface area contributed by atoms with Crippen molar-refractivity contribution in [3.8, 4) is 11.5 Å². The average Bonchev–Trinajstić information content (AvgIpc) is 3.06. The smallest absolute Gasteiger partial charge is 0.284 e. The quantitative estimate of drug-likeness (QED) is 0.791. The fourth-order valence-electron chi connectivity index (χ4n) is 3.45. The molecule has 7 heteroatoms. The molecule has 0 unspecified atom stereocenters. The Bertz CT molecular complexity index is 804. The molecule has 26 heavy (non-hydrogen) atoms. The molecule has 0 saturated carbocycles. The number of H-pyrrole nitrogens is 1. The van der Waals surface area contributed by atoms with E-state index in [0.29, 0.717) is 23.9 Å². The summed E-state index contributed by atoms with van der Waals surface area (Å²) in [6.07, 6.45) is 2.28. The van der Waals surface area contributed by atoms with Crippen molar-refractivity contribution in [1.82, 2.24) is 15.5 Å². The molecule has 1 aliphatic heterocycles. The predicted molar refractivity (Wildman–Crippen MR) is 101 cm³/mol. The SMILES string of the molecule is CC(C)(C)[C@H]1OCCC[C@H]1CNC(=O)c1ccc(-c2n[nH]c(=S)o2)cc1. The van der Waals surface area contributed by atoms with Crippen molar-refractivity contribution in [3.05, 3.63) is 34.7 Å². The van der Waals surface area contributed by atoms with Gasteiger partial charge in [-0.3, -0.25) is 4.79 Å². The molecule has 0 aliphatic carbocycles. The van der Waals surface area contributed by atoms with Crippen molar-refractivity contribution in [1.29, 1.82) is 0 Å². The highest BCUT2D eigenvalue weighted by molar-refractivity contribution is 7.71. The van der Waals surface area contributed by atoms with Crippen LogP contribution >= 0.6 is 12.2 Å². The Hall–Kier alpha value is -1.99. The first kappa shape index (κ1) is 18.8. The van der Waals surface area contributed by atoms with E-state index in [2.05, 4.69) is 36.3 Å². The zero-order valence-electron chi connectivity index (χ0n) is 15.4. The van der Waals surface area contributed by atoms with Gasteiger partial charge in [0.15, 0.2) is 0 Å². The van der Waals surface area contributed by atoms with Crippen LogP contribution in [0.5, 0.6) is 0 Å². The summed E-state index contributed by atoms with van der Waals surface area (Å²) >= 11 is 4.87. The second-order valence-corrected chi connectivity index (χ2v) is 8.14. The van der Waals surface area contributed by atoms with Gasteiger partial charge >= 0.3 is 0 Å². The van der Waals surface area contributed by atoms with Crippen molar-refractivity contribution in [2.75, 3.05) is 13.2 Å². The maximum absolute atomic E-state index is 12.5. The third kappa shape index (κ3) is 4.40. The van der Waals surface area contributed by atoms with Crippen LogP contribution in [0, 0.1) is 16.2 Å². The molecule has 1 saturated heterocycles. The van der Waals surface area contributed by atoms with Crippen molar-refractivity contribution < 1.29 is 13.9 Å². The third-order valence-corrected chi connectivity index (χ3v) is 4.83. The summed E-state index contributed by atoms with van der Waals surface area (Å²) in [5, 5.41) is 9.62. The Morgan fingerprint density at radius 1 is 1.35 bits per heavy atom. The number of rotatable bonds is 4. The van der Waals surface area contributed by atoms with Gasteiger partial charge in [-0.1, -0.05) is 20.8 Å². The van der Waals surface area contributed by atoms with E-state index in [9.17, 15) is 4.79 Å². The van der Waals surface area contributed by atoms with E-state index in [1.807, 2.05) is 0 Å². The van der Waals surface area contributed by atoms with Gasteiger partial charge in [-0.25, -0.2) is 5.10 Å². The lowest BCUT2D eigenvalue weighted by Gasteiger charge is -2.40. The summed E-state index contributed by atoms with van der Waals surface area (Å²) in [5.74, 6) is 0.660. The largest absolute Gasteiger partial charge is 0.409 e. The second-order valence-electron chi connectivity index (χ2n) is 7.77. The number of carbonyl (C=O) groups is 1. The normalized spacial score (nSPS) is 20.7. The molecule has 140 valence electrons. The van der Waals surface area contributed by atoms with E-state index in [-0.39, 0.29) is 22.3 Å². The molecule has 2 atom stereocenters. The standard InChI is InChI=1S/C19H25N3O3S/c1-19(2,3)15-14(5-4-10-24-15)11-20-16(23)12-6-8-13(9-7-12)17-21-22-18(26)25-17/h6-9,14-15H,4-5,10-11H2,1-3H3,(H,20,23)(H,22,26)/t14-,15-/m0/s1. The Labute approximate surface area is 158 Å². The van der Waals surface area contributed by atoms with Crippen LogP contribution in [0.4, 0.5) is 0 Å². The number of aromatic nitrogens is 2. The highest BCUT2D eigenvalue weighted by atomic mass is 32.1. The van der Waals surface area contributed by atoms with E-state index in [1.54, 1.807) is 24.3 Å². The number of nitrogens with zero attached hydrogens (tertiary/aromatic N) is 1. The Morgan fingerprint density at radius 3 is 2.69 bits per heavy atom. The summed E-state index contributed by atoms with van der Waals surface area (Å²) < 4.78 is 11.3. The second kappa shape index (κ2) is 7.72. The van der Waals surface area contributed by atoms with Gasteiger partial charge in [0.1, 0.15) is 0 Å². The zero-order chi connectivity index (χ0) is 18.7. The van der Waals surface area contributed by atoms with Crippen LogP contribution in [-0.4, -0.2) is 35.4 Å². The molecule has 1 amide bonds. The highest BCUT2D eigenvalue weighted by Gasteiger charge is 2.35. The minimum Gasteiger partial charge on any atom is -0.409 e. The lowest BCUT2D eigenvalue weighted by molar-refractivity contribution is -0.0839. The monoisotopic (exact) mass is 375 g/mol. The predicted octanol–water partition coefficient (Wildman–Crippen LogP) is 3.97. The molecule has 1 aromatic heterocycles. The molecule has 2 N–H and O–H groups in total. The summed E-state index contributed by atoms with van der Waals surface area (Å²) in [5.41, 5.74) is 1.43. The van der Waals surface area contributed by atoms with Crippen LogP contribution in [-0.2, 0) is 4.74 Å². The van der Waals surface area contributed by atoms with E-state index in [1.165, 1.54) is 0 Å². The number of hydrogen-bond donors (Lipinski definition) is 2. The summed E-state index contributed by atoms with van der Waals surface area (Å²) in [6.45, 7) is 7.98. The van der Waals surface area contributed by atoms with Gasteiger partial charge in [0, 0.05) is 30.2 Å². The number of ether oxygens (including phenoxy) is 1. The van der Waals surface area contributed by atoms with Gasteiger partial charge in [-0.05, 0) is 54.7 Å². The molecule has 0 bridgehead atoms. The fraction of sp³-hybridized carbons (Fsp3) is 0.526. The maximum atomic E-state index is 12.5. The number of carbonyl (C=O) groups excluding carboxylic acids is 1. The van der Waals surface area contributed by atoms with Crippen LogP contribution in [0.3, 0.4) is 0 Å². The van der Waals surface area contributed by atoms with Gasteiger partial charge in [0.2, 0.25) is 5.89 Å². The van der Waals surface area contributed by atoms with E-state index in [4.69, 9.17) is 21.4 Å². The van der Waals surface area contributed by atoms with Gasteiger partial charge in [0.25, 0.3) is 10.7 Å². The van der Waals surface area contributed by atoms with Gasteiger partial charge in [0.05, 0.1) is 6.10 Å². The summed E-state index contributed by atoms with van der Waals surface area (Å²) in [6, 6.07) is 7.11. The first-order valence-corrected chi connectivity index (χ1v) is 9.31. The van der Waals surface area contributed by atoms with Crippen molar-refractivity contribution in [3.63, 3.8) is 0 Å². The van der Waals surface area contributed by atoms with Crippen LogP contribution in [0.1, 0.15) is 44.0 Å². The molecular weight excluding hydrogens is 350 g/mol. The topological polar surface area (TPSA) is 80.1 Å². The first-order chi connectivity index (χ1) is 12.3. The van der Waals surface area contributed by atoms with Gasteiger partial charge in [-0.15, -0.1) is 5.10 Å². The minimum atomic E-state index is -0.0855. The van der Waals surface area contributed by atoms with Crippen molar-refractivity contribution in [2.24, 2.45) is 11.3 Å². The molecule has 2 heterocycles. The average molecular weight is 375 g/mol. The molecule has 6 nitrogen and oxygen atoms in total. The molecule has 1 fully saturated rings. The Balaban J connectivity index is 1.62. The summed E-state index contributed by atoms with van der Waals surface area (Å²) in [4.78, 5) is 12.7. The van der Waals surface area contributed by atoms with E-state index < -0.39 is 0 Å². The van der Waals surface area contributed by atoms with Crippen LogP contribution in [0.15, 0.2) is 28.7 Å².